The maximum Gasteiger partial charge on any atom is 1.00 e. The minimum atomic E-state index is -5.85. The van der Waals surface area contributed by atoms with Crippen LogP contribution in [0.25, 0.3) is 5.70 Å². The molecule has 7 aromatic rings. The van der Waals surface area contributed by atoms with Crippen LogP contribution in [-0.4, -0.2) is 224 Å². The minimum absolute atomic E-state index is 0. The first-order valence-corrected chi connectivity index (χ1v) is 43.2. The summed E-state index contributed by atoms with van der Waals surface area (Å²) in [6.07, 6.45) is 28.3. The number of alkyl halides is 3. The molecule has 7 aromatic heterocycles. The summed E-state index contributed by atoms with van der Waals surface area (Å²) in [5.74, 6) is -2.25. The predicted molar refractivity (Wildman–Crippen MR) is 500 cm³/mol. The van der Waals surface area contributed by atoms with E-state index in [-0.39, 0.29) is 100.0 Å². The van der Waals surface area contributed by atoms with Crippen molar-refractivity contribution >= 4 is 131 Å². The fraction of sp³-hybridized carbons (Fsp3) is 0.455. The fourth-order valence-electron chi connectivity index (χ4n) is 13.3. The number of allylic oxidation sites excluding steroid dienone is 2. The van der Waals surface area contributed by atoms with Gasteiger partial charge in [0.2, 0.25) is 17.7 Å². The van der Waals surface area contributed by atoms with E-state index in [4.69, 9.17) is 36.1 Å². The molecule has 15 N–H and O–H groups in total. The van der Waals surface area contributed by atoms with Gasteiger partial charge in [0.25, 0.3) is 0 Å². The molecule has 2 fully saturated rings. The number of nitrogens with two attached hydrogens (primary N) is 2. The summed E-state index contributed by atoms with van der Waals surface area (Å²) in [5, 5.41) is 48.6. The number of hydrogen-bond acceptors (Lipinski definition) is 29. The zero-order chi connectivity index (χ0) is 95.7. The normalized spacial score (nSPS) is 17.8. The first kappa shape index (κ1) is 114. The van der Waals surface area contributed by atoms with Crippen molar-refractivity contribution in [1.82, 2.24) is 54.9 Å². The average Bonchev–Trinajstić information content (AvgIpc) is 0.804. The van der Waals surface area contributed by atoms with Crippen LogP contribution in [0, 0.1) is 0 Å². The molecule has 7 atom stereocenters. The Hall–Kier alpha value is -11.9. The van der Waals surface area contributed by atoms with Crippen LogP contribution in [0.3, 0.4) is 0 Å². The predicted octanol–water partition coefficient (Wildman–Crippen LogP) is 8.88. The van der Waals surface area contributed by atoms with E-state index in [0.717, 1.165) is 89.6 Å². The van der Waals surface area contributed by atoms with Crippen LogP contribution in [-0.2, 0) is 43.0 Å². The van der Waals surface area contributed by atoms with Gasteiger partial charge in [0, 0.05) is 146 Å². The third-order valence-corrected chi connectivity index (χ3v) is 20.8. The largest absolute Gasteiger partial charge is 1.00 e. The molecule has 0 aromatic carbocycles. The molecule has 5 aliphatic heterocycles. The zero-order valence-electron chi connectivity index (χ0n) is 77.9. The van der Waals surface area contributed by atoms with Gasteiger partial charge in [-0.1, -0.05) is 38.1 Å². The van der Waals surface area contributed by atoms with E-state index >= 15 is 0 Å². The third-order valence-electron chi connectivity index (χ3n) is 19.9. The number of carbonyl (C=O) groups is 8. The molecule has 44 heteroatoms. The second-order valence-electron chi connectivity index (χ2n) is 32.3. The summed E-state index contributed by atoms with van der Waals surface area (Å²) in [4.78, 5) is 131. The van der Waals surface area contributed by atoms with Crippen LogP contribution in [0.5, 0.6) is 0 Å². The van der Waals surface area contributed by atoms with Gasteiger partial charge in [0.05, 0.1) is 46.6 Å². The maximum absolute atomic E-state index is 13.0. The molecule has 711 valence electrons. The molecule has 37 nitrogen and oxygen atoms in total. The third kappa shape index (κ3) is 36.7. The standard InChI is InChI=1S/C20H24N6O3.C17H25N3O2.C12H18F3NO5S.C12H19N3.C12H17N3.C8H7N3O4.C6H9BN2O2.CH4.B.Na.H/c1-12-4-3-5-16(13-6-7-17(22-2)24-10-13)26(12)20(29)19(28)25-15-8-14(18(21)27)9-23-11-15;1-12-7-6-8-14(13-9-10-15(18-5)19-11-13)20(12)16(21)22-17(2,3)4;1-8-6-5-7-9(21-22(18,19)12(13,14)15)16(8)10(17)20-11(2,3)4;2*1-9-4-3-5-11(15-9)10-6-7-12(13-2)14-8-10;9-6(12)4-1-5(3-10-2-4)11-7(13)8(14)15;1-8-6-3-2-5(4-9-6)7(10)11;;;;/h6-12,16H,3-5H2,1-2H3,(H2,21,27)(H,22,24)(H,25,28);8-12H,6-7H2,1-5H3,(H,18,19);7-8H,5-6H2,1-4H3;6-9,11,15H,3-5H2,1-2H3,(H,13,14);6-9H,3-5H2,1-2H3,(H,13,14);1-3H,(H2,9,12)(H,11,13)(H,14,15);2-4,10-11H,1H3,(H,8,9);1H4;;;/q;;;;;;;;;+1;-1/t12-,16-;;;;;;;;;;/m0........../s1. The molecule has 5 aliphatic rings. The number of piperidine rings is 2. The van der Waals surface area contributed by atoms with Gasteiger partial charge >= 0.3 is 88.2 Å². The van der Waals surface area contributed by atoms with E-state index < -0.39 is 87.5 Å². The molecule has 5 unspecified atom stereocenters. The van der Waals surface area contributed by atoms with Gasteiger partial charge in [-0.05, 0) is 225 Å². The SMILES string of the molecule is C.CC1CCC=C(OS(=O)(=O)C(F)(F)F)N1C(=O)OC(C)(C)C.CNc1ccc(B(O)O)cn1.CNc1ccc(C2=CCCC(C)N2C(=O)OC(C)(C)C)cn1.CNc1ccc(C2=NC(C)CCC2)cn1.CNc1ccc(C2CCCC(C)N2)cn1.CNc1ccc([C@@H]2CCC[C@H](C)N2C(=O)C(=O)Nc2cncc(C(N)=O)c2)cn1.NC(=O)c1cncc(NC(=O)C(=O)O)c1.[B].[H-].[Na+]. The Balaban J connectivity index is 0.000000532. The molecule has 0 saturated carbocycles. The average molecular weight is 1870 g/mol. The van der Waals surface area contributed by atoms with E-state index in [2.05, 4.69) is 113 Å². The minimum Gasteiger partial charge on any atom is -1.00 e. The molecule has 12 rings (SSSR count). The Morgan fingerprint density at radius 2 is 1.00 bits per heavy atom. The fourth-order valence-corrected chi connectivity index (χ4v) is 13.8. The Morgan fingerprint density at radius 1 is 0.545 bits per heavy atom. The van der Waals surface area contributed by atoms with E-state index in [0.29, 0.717) is 35.8 Å². The van der Waals surface area contributed by atoms with Gasteiger partial charge < -0.3 is 89.1 Å². The van der Waals surface area contributed by atoms with Crippen LogP contribution in [0.1, 0.15) is 224 Å². The van der Waals surface area contributed by atoms with Gasteiger partial charge in [0.15, 0.2) is 0 Å². The van der Waals surface area contributed by atoms with E-state index in [9.17, 15) is 59.9 Å². The van der Waals surface area contributed by atoms with Crippen LogP contribution >= 0.6 is 0 Å². The second kappa shape index (κ2) is 54.2. The Kier molecular flexibility index (Phi) is 46.9. The van der Waals surface area contributed by atoms with Gasteiger partial charge in [0.1, 0.15) is 40.3 Å². The molecule has 0 aliphatic carbocycles. The number of likely N-dealkylation sites (tertiary alicyclic amines) is 1. The summed E-state index contributed by atoms with van der Waals surface area (Å²) in [7, 11) is 1.85. The van der Waals surface area contributed by atoms with Crippen LogP contribution in [0.15, 0.2) is 152 Å². The number of aromatic nitrogens is 7. The number of ether oxygens (including phenoxy) is 2. The first-order valence-electron chi connectivity index (χ1n) is 41.8. The van der Waals surface area contributed by atoms with E-state index in [1.807, 2.05) is 110 Å². The molecule has 0 bridgehead atoms. The molecule has 0 spiro atoms. The van der Waals surface area contributed by atoms with Crippen molar-refractivity contribution in [2.24, 2.45) is 16.5 Å². The summed E-state index contributed by atoms with van der Waals surface area (Å²) < 4.78 is 74.2. The zero-order valence-corrected chi connectivity index (χ0v) is 79.7. The second-order valence-corrected chi connectivity index (χ2v) is 33.9. The van der Waals surface area contributed by atoms with Crippen molar-refractivity contribution < 1.29 is 120 Å². The monoisotopic (exact) mass is 1860 g/mol. The Bertz CT molecular complexity index is 5120. The van der Waals surface area contributed by atoms with Crippen molar-refractivity contribution in [2.45, 2.75) is 226 Å². The summed E-state index contributed by atoms with van der Waals surface area (Å²) in [6, 6.07) is 22.6. The van der Waals surface area contributed by atoms with Crippen molar-refractivity contribution in [2.75, 3.05) is 72.5 Å². The van der Waals surface area contributed by atoms with Crippen molar-refractivity contribution in [3.05, 3.63) is 180 Å². The van der Waals surface area contributed by atoms with Crippen molar-refractivity contribution in [3.8, 4) is 0 Å². The molecular weight excluding hydrogens is 1740 g/mol. The molecule has 7 amide bonds. The van der Waals surface area contributed by atoms with Gasteiger partial charge in [-0.3, -0.25) is 43.8 Å². The number of halogens is 3. The molecular formula is C88H124B2F3N21NaO16S. The number of carbonyl (C=O) groups excluding carboxylic acids is 7. The number of rotatable bonds is 16. The maximum atomic E-state index is 13.0. The number of carboxylic acids is 1. The van der Waals surface area contributed by atoms with Crippen molar-refractivity contribution in [1.29, 1.82) is 0 Å². The Labute approximate surface area is 795 Å². The van der Waals surface area contributed by atoms with Gasteiger partial charge in [-0.25, -0.2) is 44.2 Å². The van der Waals surface area contributed by atoms with Crippen LogP contribution in [0.2, 0.25) is 0 Å². The number of aliphatic imine (C=N–C) groups is 1. The Morgan fingerprint density at radius 3 is 1.43 bits per heavy atom. The number of anilines is 7. The number of nitrogens with zero attached hydrogens (tertiary/aromatic N) is 11. The topological polar surface area (TPSA) is 520 Å². The summed E-state index contributed by atoms with van der Waals surface area (Å²) in [6.45, 7) is 20.3. The number of carboxylic acid groups (broad SMARTS) is 1. The van der Waals surface area contributed by atoms with Crippen molar-refractivity contribution in [3.63, 3.8) is 0 Å². The first-order chi connectivity index (χ1) is 60.8. The van der Waals surface area contributed by atoms with Gasteiger partial charge in [-0.15, -0.1) is 0 Å². The summed E-state index contributed by atoms with van der Waals surface area (Å²) in [5.41, 5.74) is 10.6. The summed E-state index contributed by atoms with van der Waals surface area (Å²) >= 11 is 0. The van der Waals surface area contributed by atoms with E-state index in [1.165, 1.54) is 92.1 Å². The molecule has 12 heterocycles. The number of hydrogen-bond donors (Lipinski definition) is 13. The molecule has 3 radical (unpaired) electrons. The molecule has 132 heavy (non-hydrogen) atoms. The quantitative estimate of drug-likeness (QED) is 0.0186. The molecule has 2 saturated heterocycles. The van der Waals surface area contributed by atoms with Crippen LogP contribution < -0.4 is 89.0 Å². The number of pyridine rings is 7. The van der Waals surface area contributed by atoms with Crippen LogP contribution in [0.4, 0.5) is 63.2 Å². The number of primary amides is 2. The van der Waals surface area contributed by atoms with E-state index in [1.54, 1.807) is 76.1 Å². The number of nitrogens with one attached hydrogen (secondary N) is 8. The van der Waals surface area contributed by atoms with Gasteiger partial charge in [-0.2, -0.15) is 21.6 Å². The number of amides is 7. The number of aliphatic carboxylic acids is 1. The smallest absolute Gasteiger partial charge is 1.00 e.